The van der Waals surface area contributed by atoms with Crippen LogP contribution in [0.1, 0.15) is 23.7 Å². The van der Waals surface area contributed by atoms with Crippen LogP contribution in [-0.2, 0) is 9.84 Å². The Labute approximate surface area is 123 Å². The van der Waals surface area contributed by atoms with Crippen molar-refractivity contribution in [1.29, 1.82) is 0 Å². The predicted molar refractivity (Wildman–Crippen MR) is 78.6 cm³/mol. The second-order valence-electron chi connectivity index (χ2n) is 4.97. The molecule has 0 aliphatic rings. The third kappa shape index (κ3) is 4.16. The van der Waals surface area contributed by atoms with Crippen molar-refractivity contribution in [2.24, 2.45) is 0 Å². The number of hydrogen-bond donors (Lipinski definition) is 4. The van der Waals surface area contributed by atoms with E-state index >= 15 is 0 Å². The van der Waals surface area contributed by atoms with E-state index < -0.39 is 34.5 Å². The number of aliphatic hydroxyl groups excluding tert-OH is 2. The summed E-state index contributed by atoms with van der Waals surface area (Å²) in [7, 11) is -3.50. The lowest BCUT2D eigenvalue weighted by molar-refractivity contribution is 0.0653. The number of aliphatic hydroxyl groups is 2. The van der Waals surface area contributed by atoms with Crippen molar-refractivity contribution in [3.05, 3.63) is 23.8 Å². The van der Waals surface area contributed by atoms with E-state index in [1.54, 1.807) is 6.92 Å². The third-order valence-corrected chi connectivity index (χ3v) is 4.37. The average molecular weight is 316 g/mol. The number of hydrogen-bond acceptors (Lipinski definition) is 6. The standard InChI is InChI=1S/C13H20N2O5S/c1-3-13(7-16,8-17)15-12(18)9-4-10(14)6-11(5-9)21(2,19)20/h4-6,16-17H,3,7-8,14H2,1-2H3,(H,15,18). The van der Waals surface area contributed by atoms with Crippen LogP contribution in [0.5, 0.6) is 0 Å². The lowest BCUT2D eigenvalue weighted by Gasteiger charge is -2.29. The summed E-state index contributed by atoms with van der Waals surface area (Å²) < 4.78 is 23.1. The zero-order valence-corrected chi connectivity index (χ0v) is 12.8. The molecule has 0 aromatic heterocycles. The van der Waals surface area contributed by atoms with Gasteiger partial charge in [0.1, 0.15) is 0 Å². The molecular weight excluding hydrogens is 296 g/mol. The number of rotatable bonds is 6. The Morgan fingerprint density at radius 2 is 1.86 bits per heavy atom. The molecule has 8 heteroatoms. The molecule has 5 N–H and O–H groups in total. The van der Waals surface area contributed by atoms with Gasteiger partial charge in [-0.2, -0.15) is 0 Å². The fourth-order valence-corrected chi connectivity index (χ4v) is 2.41. The lowest BCUT2D eigenvalue weighted by atomic mass is 9.97. The van der Waals surface area contributed by atoms with Gasteiger partial charge >= 0.3 is 0 Å². The molecule has 1 rings (SSSR count). The average Bonchev–Trinajstić information content (AvgIpc) is 2.43. The first-order valence-corrected chi connectivity index (χ1v) is 8.21. The number of benzene rings is 1. The Hall–Kier alpha value is -1.64. The highest BCUT2D eigenvalue weighted by Crippen LogP contribution is 2.18. The summed E-state index contributed by atoms with van der Waals surface area (Å²) in [5, 5.41) is 21.1. The number of nitrogens with one attached hydrogen (secondary N) is 1. The molecule has 0 aliphatic carbocycles. The molecule has 0 saturated heterocycles. The first-order chi connectivity index (χ1) is 9.67. The molecule has 0 atom stereocenters. The smallest absolute Gasteiger partial charge is 0.251 e. The van der Waals surface area contributed by atoms with E-state index in [9.17, 15) is 23.4 Å². The maximum absolute atomic E-state index is 12.2. The molecule has 1 aromatic carbocycles. The Morgan fingerprint density at radius 3 is 2.29 bits per heavy atom. The topological polar surface area (TPSA) is 130 Å². The summed E-state index contributed by atoms with van der Waals surface area (Å²) in [5.74, 6) is -0.614. The highest BCUT2D eigenvalue weighted by molar-refractivity contribution is 7.90. The SMILES string of the molecule is CCC(CO)(CO)NC(=O)c1cc(N)cc(S(C)(=O)=O)c1. The van der Waals surface area contributed by atoms with Crippen LogP contribution in [-0.4, -0.2) is 49.5 Å². The molecule has 1 amide bonds. The second-order valence-corrected chi connectivity index (χ2v) is 6.98. The largest absolute Gasteiger partial charge is 0.399 e. The number of carbonyl (C=O) groups is 1. The van der Waals surface area contributed by atoms with E-state index in [1.165, 1.54) is 18.2 Å². The van der Waals surface area contributed by atoms with Crippen LogP contribution >= 0.6 is 0 Å². The number of nitrogen functional groups attached to an aromatic ring is 1. The van der Waals surface area contributed by atoms with Crippen LogP contribution in [0, 0.1) is 0 Å². The summed E-state index contributed by atoms with van der Waals surface area (Å²) >= 11 is 0. The predicted octanol–water partition coefficient (Wildman–Crippen LogP) is -0.464. The van der Waals surface area contributed by atoms with Gasteiger partial charge in [-0.25, -0.2) is 8.42 Å². The Kier molecular flexibility index (Phi) is 5.32. The van der Waals surface area contributed by atoms with Gasteiger partial charge in [-0.15, -0.1) is 0 Å². The van der Waals surface area contributed by atoms with Crippen molar-refractivity contribution in [3.63, 3.8) is 0 Å². The highest BCUT2D eigenvalue weighted by atomic mass is 32.2. The molecule has 118 valence electrons. The summed E-state index contributed by atoms with van der Waals surface area (Å²) in [6, 6.07) is 3.80. The first kappa shape index (κ1) is 17.4. The van der Waals surface area contributed by atoms with Crippen LogP contribution in [0.15, 0.2) is 23.1 Å². The van der Waals surface area contributed by atoms with Crippen molar-refractivity contribution >= 4 is 21.4 Å². The van der Waals surface area contributed by atoms with Gasteiger partial charge in [0.15, 0.2) is 9.84 Å². The fourth-order valence-electron chi connectivity index (χ4n) is 1.72. The monoisotopic (exact) mass is 316 g/mol. The molecule has 7 nitrogen and oxygen atoms in total. The fraction of sp³-hybridized carbons (Fsp3) is 0.462. The van der Waals surface area contributed by atoms with E-state index in [0.717, 1.165) is 6.26 Å². The number of nitrogens with two attached hydrogens (primary N) is 1. The van der Waals surface area contributed by atoms with E-state index in [4.69, 9.17) is 5.73 Å². The molecule has 0 saturated carbocycles. The molecule has 0 fully saturated rings. The van der Waals surface area contributed by atoms with E-state index in [2.05, 4.69) is 5.32 Å². The van der Waals surface area contributed by atoms with Gasteiger partial charge in [-0.1, -0.05) is 6.92 Å². The van der Waals surface area contributed by atoms with Gasteiger partial charge in [0, 0.05) is 17.5 Å². The summed E-state index contributed by atoms with van der Waals surface area (Å²) in [5.41, 5.74) is 4.64. The van der Waals surface area contributed by atoms with Crippen molar-refractivity contribution in [3.8, 4) is 0 Å². The zero-order valence-electron chi connectivity index (χ0n) is 12.0. The number of sulfone groups is 1. The van der Waals surface area contributed by atoms with E-state index in [1.807, 2.05) is 0 Å². The molecule has 0 radical (unpaired) electrons. The van der Waals surface area contributed by atoms with Crippen molar-refractivity contribution in [2.45, 2.75) is 23.8 Å². The van der Waals surface area contributed by atoms with Crippen LogP contribution in [0.25, 0.3) is 0 Å². The van der Waals surface area contributed by atoms with Gasteiger partial charge in [-0.3, -0.25) is 4.79 Å². The molecule has 0 unspecified atom stereocenters. The number of amides is 1. The van der Waals surface area contributed by atoms with Crippen molar-refractivity contribution in [2.75, 3.05) is 25.2 Å². The zero-order chi connectivity index (χ0) is 16.3. The van der Waals surface area contributed by atoms with Gasteiger partial charge in [-0.05, 0) is 24.6 Å². The van der Waals surface area contributed by atoms with Crippen LogP contribution < -0.4 is 11.1 Å². The molecule has 0 heterocycles. The van der Waals surface area contributed by atoms with Gasteiger partial charge < -0.3 is 21.3 Å². The number of carbonyl (C=O) groups excluding carboxylic acids is 1. The second kappa shape index (κ2) is 6.42. The molecule has 0 bridgehead atoms. The molecule has 1 aromatic rings. The highest BCUT2D eigenvalue weighted by Gasteiger charge is 2.29. The third-order valence-electron chi connectivity index (χ3n) is 3.28. The van der Waals surface area contributed by atoms with E-state index in [-0.39, 0.29) is 16.1 Å². The van der Waals surface area contributed by atoms with Crippen LogP contribution in [0.2, 0.25) is 0 Å². The Balaban J connectivity index is 3.17. The molecule has 0 spiro atoms. The quantitative estimate of drug-likeness (QED) is 0.525. The molecule has 0 aliphatic heterocycles. The van der Waals surface area contributed by atoms with Crippen molar-refractivity contribution < 1.29 is 23.4 Å². The van der Waals surface area contributed by atoms with E-state index in [0.29, 0.717) is 6.42 Å². The normalized spacial score (nSPS) is 12.2. The Morgan fingerprint density at radius 1 is 1.29 bits per heavy atom. The number of anilines is 1. The summed E-state index contributed by atoms with van der Waals surface area (Å²) in [4.78, 5) is 12.1. The summed E-state index contributed by atoms with van der Waals surface area (Å²) in [6.07, 6.45) is 1.33. The Bertz CT molecular complexity index is 615. The van der Waals surface area contributed by atoms with Gasteiger partial charge in [0.2, 0.25) is 0 Å². The molecular formula is C13H20N2O5S. The maximum atomic E-state index is 12.2. The van der Waals surface area contributed by atoms with Gasteiger partial charge in [0.25, 0.3) is 5.91 Å². The summed E-state index contributed by atoms with van der Waals surface area (Å²) in [6.45, 7) is 0.827. The minimum absolute atomic E-state index is 0.0511. The van der Waals surface area contributed by atoms with Gasteiger partial charge in [0.05, 0.1) is 23.6 Å². The first-order valence-electron chi connectivity index (χ1n) is 6.32. The minimum Gasteiger partial charge on any atom is -0.399 e. The van der Waals surface area contributed by atoms with Crippen molar-refractivity contribution in [1.82, 2.24) is 5.32 Å². The van der Waals surface area contributed by atoms with Crippen LogP contribution in [0.4, 0.5) is 5.69 Å². The van der Waals surface area contributed by atoms with Crippen LogP contribution in [0.3, 0.4) is 0 Å². The maximum Gasteiger partial charge on any atom is 0.251 e. The molecule has 21 heavy (non-hydrogen) atoms. The lowest BCUT2D eigenvalue weighted by Crippen LogP contribution is -2.53. The minimum atomic E-state index is -3.50.